The van der Waals surface area contributed by atoms with Crippen LogP contribution in [0, 0.1) is 0 Å². The Balaban J connectivity index is 1.80. The van der Waals surface area contributed by atoms with E-state index in [4.69, 9.17) is 27.9 Å². The molecule has 1 heterocycles. The first kappa shape index (κ1) is 14.6. The second-order valence-corrected chi connectivity index (χ2v) is 4.69. The second kappa shape index (κ2) is 7.12. The Bertz CT molecular complexity index is 571. The monoisotopic (exact) mass is 310 g/mol. The lowest BCUT2D eigenvalue weighted by atomic mass is 10.2. The van der Waals surface area contributed by atoms with Gasteiger partial charge in [-0.1, -0.05) is 41.4 Å². The number of carbonyl (C=O) groups excluding carboxylic acids is 1. The maximum absolute atomic E-state index is 11.8. The van der Waals surface area contributed by atoms with E-state index in [1.807, 2.05) is 30.3 Å². The highest BCUT2D eigenvalue weighted by molar-refractivity contribution is 6.33. The van der Waals surface area contributed by atoms with Gasteiger partial charge in [-0.2, -0.15) is 0 Å². The van der Waals surface area contributed by atoms with Gasteiger partial charge in [-0.05, 0) is 24.3 Å². The summed E-state index contributed by atoms with van der Waals surface area (Å²) in [6.45, 7) is 0.758. The second-order valence-electron chi connectivity index (χ2n) is 3.92. The van der Waals surface area contributed by atoms with E-state index in [0.717, 1.165) is 5.75 Å². The average Bonchev–Trinajstić information content (AvgIpc) is 2.43. The Morgan fingerprint density at radius 1 is 1.15 bits per heavy atom. The van der Waals surface area contributed by atoms with Crippen LogP contribution in [-0.2, 0) is 0 Å². The van der Waals surface area contributed by atoms with Gasteiger partial charge >= 0.3 is 0 Å². The van der Waals surface area contributed by atoms with Gasteiger partial charge in [0, 0.05) is 5.56 Å². The summed E-state index contributed by atoms with van der Waals surface area (Å²) in [6.07, 6.45) is 0. The molecule has 0 aliphatic rings. The first-order chi connectivity index (χ1) is 9.65. The zero-order chi connectivity index (χ0) is 14.4. The molecule has 2 rings (SSSR count). The van der Waals surface area contributed by atoms with Crippen LogP contribution in [0.2, 0.25) is 10.3 Å². The quantitative estimate of drug-likeness (QED) is 0.681. The number of halogens is 2. The van der Waals surface area contributed by atoms with E-state index in [1.54, 1.807) is 0 Å². The molecular weight excluding hydrogens is 299 g/mol. The van der Waals surface area contributed by atoms with Gasteiger partial charge in [0.25, 0.3) is 5.91 Å². The molecule has 20 heavy (non-hydrogen) atoms. The van der Waals surface area contributed by atoms with Gasteiger partial charge in [0.1, 0.15) is 22.7 Å². The summed E-state index contributed by atoms with van der Waals surface area (Å²) in [7, 11) is 0. The highest BCUT2D eigenvalue weighted by Gasteiger charge is 2.08. The molecule has 1 N–H and O–H groups in total. The molecule has 0 fully saturated rings. The molecule has 0 radical (unpaired) electrons. The van der Waals surface area contributed by atoms with Crippen LogP contribution in [0.4, 0.5) is 0 Å². The van der Waals surface area contributed by atoms with Gasteiger partial charge in [0.15, 0.2) is 0 Å². The summed E-state index contributed by atoms with van der Waals surface area (Å²) < 4.78 is 5.46. The predicted molar refractivity (Wildman–Crippen MR) is 78.5 cm³/mol. The van der Waals surface area contributed by atoms with Gasteiger partial charge in [-0.3, -0.25) is 4.79 Å². The van der Waals surface area contributed by atoms with E-state index in [1.165, 1.54) is 12.1 Å². The van der Waals surface area contributed by atoms with Crippen molar-refractivity contribution in [2.75, 3.05) is 13.2 Å². The normalized spacial score (nSPS) is 10.1. The van der Waals surface area contributed by atoms with Crippen LogP contribution in [0.25, 0.3) is 0 Å². The summed E-state index contributed by atoms with van der Waals surface area (Å²) in [6, 6.07) is 12.3. The van der Waals surface area contributed by atoms with E-state index >= 15 is 0 Å². The number of rotatable bonds is 5. The number of hydrogen-bond acceptors (Lipinski definition) is 3. The minimum atomic E-state index is -0.270. The fourth-order valence-electron chi connectivity index (χ4n) is 1.55. The molecule has 4 nitrogen and oxygen atoms in total. The summed E-state index contributed by atoms with van der Waals surface area (Å²) in [4.78, 5) is 15.6. The van der Waals surface area contributed by atoms with Gasteiger partial charge in [-0.25, -0.2) is 4.98 Å². The number of amides is 1. The lowest BCUT2D eigenvalue weighted by Crippen LogP contribution is -2.28. The van der Waals surface area contributed by atoms with Crippen molar-refractivity contribution in [3.63, 3.8) is 0 Å². The molecule has 0 saturated carbocycles. The first-order valence-corrected chi connectivity index (χ1v) is 6.70. The molecule has 104 valence electrons. The van der Waals surface area contributed by atoms with Crippen LogP contribution >= 0.6 is 23.2 Å². The Kier molecular flexibility index (Phi) is 5.21. The highest BCUT2D eigenvalue weighted by Crippen LogP contribution is 2.14. The van der Waals surface area contributed by atoms with Crippen LogP contribution in [0.1, 0.15) is 10.4 Å². The van der Waals surface area contributed by atoms with Crippen molar-refractivity contribution >= 4 is 29.1 Å². The lowest BCUT2D eigenvalue weighted by molar-refractivity contribution is 0.0947. The summed E-state index contributed by atoms with van der Waals surface area (Å²) in [5, 5.41) is 3.08. The number of hydrogen-bond donors (Lipinski definition) is 1. The van der Waals surface area contributed by atoms with E-state index in [-0.39, 0.29) is 16.2 Å². The molecule has 1 aromatic carbocycles. The minimum absolute atomic E-state index is 0.184. The van der Waals surface area contributed by atoms with Gasteiger partial charge < -0.3 is 10.1 Å². The standard InChI is InChI=1S/C14H12Cl2N2O2/c15-12-8-10(9-13(16)18-12)14(19)17-6-7-20-11-4-2-1-3-5-11/h1-5,8-9H,6-7H2,(H,17,19). The van der Waals surface area contributed by atoms with Crippen molar-refractivity contribution in [2.45, 2.75) is 0 Å². The van der Waals surface area contributed by atoms with Gasteiger partial charge in [-0.15, -0.1) is 0 Å². The Morgan fingerprint density at radius 2 is 1.80 bits per heavy atom. The largest absolute Gasteiger partial charge is 0.492 e. The SMILES string of the molecule is O=C(NCCOc1ccccc1)c1cc(Cl)nc(Cl)c1. The molecular formula is C14H12Cl2N2O2. The summed E-state index contributed by atoms with van der Waals surface area (Å²) in [5.74, 6) is 0.490. The molecule has 0 aliphatic heterocycles. The number of nitrogens with zero attached hydrogens (tertiary/aromatic N) is 1. The maximum Gasteiger partial charge on any atom is 0.251 e. The zero-order valence-corrected chi connectivity index (χ0v) is 12.0. The van der Waals surface area contributed by atoms with Crippen LogP contribution in [0.5, 0.6) is 5.75 Å². The third-order valence-electron chi connectivity index (χ3n) is 2.42. The van der Waals surface area contributed by atoms with E-state index < -0.39 is 0 Å². The van der Waals surface area contributed by atoms with Crippen molar-refractivity contribution in [1.82, 2.24) is 10.3 Å². The van der Waals surface area contributed by atoms with Crippen LogP contribution in [0.15, 0.2) is 42.5 Å². The average molecular weight is 311 g/mol. The third kappa shape index (κ3) is 4.40. The minimum Gasteiger partial charge on any atom is -0.492 e. The predicted octanol–water partition coefficient (Wildman–Crippen LogP) is 3.20. The van der Waals surface area contributed by atoms with Crippen LogP contribution in [-0.4, -0.2) is 24.0 Å². The van der Waals surface area contributed by atoms with E-state index in [0.29, 0.717) is 18.7 Å². The van der Waals surface area contributed by atoms with Crippen molar-refractivity contribution in [3.05, 3.63) is 58.3 Å². The number of pyridine rings is 1. The van der Waals surface area contributed by atoms with Crippen molar-refractivity contribution in [1.29, 1.82) is 0 Å². The molecule has 2 aromatic rings. The molecule has 0 atom stereocenters. The molecule has 6 heteroatoms. The molecule has 0 unspecified atom stereocenters. The fraction of sp³-hybridized carbons (Fsp3) is 0.143. The lowest BCUT2D eigenvalue weighted by Gasteiger charge is -2.08. The summed E-state index contributed by atoms with van der Waals surface area (Å²) in [5.41, 5.74) is 0.370. The number of carbonyl (C=O) groups is 1. The molecule has 1 amide bonds. The Hall–Kier alpha value is -1.78. The van der Waals surface area contributed by atoms with Crippen LogP contribution < -0.4 is 10.1 Å². The first-order valence-electron chi connectivity index (χ1n) is 5.94. The zero-order valence-electron chi connectivity index (χ0n) is 10.5. The molecule has 0 aliphatic carbocycles. The van der Waals surface area contributed by atoms with E-state index in [2.05, 4.69) is 10.3 Å². The van der Waals surface area contributed by atoms with Crippen LogP contribution in [0.3, 0.4) is 0 Å². The van der Waals surface area contributed by atoms with E-state index in [9.17, 15) is 4.79 Å². The highest BCUT2D eigenvalue weighted by atomic mass is 35.5. The molecule has 0 saturated heterocycles. The third-order valence-corrected chi connectivity index (χ3v) is 2.81. The fourth-order valence-corrected chi connectivity index (χ4v) is 2.01. The Morgan fingerprint density at radius 3 is 2.45 bits per heavy atom. The number of benzene rings is 1. The number of para-hydroxylation sites is 1. The van der Waals surface area contributed by atoms with Gasteiger partial charge in [0.05, 0.1) is 6.54 Å². The smallest absolute Gasteiger partial charge is 0.251 e. The van der Waals surface area contributed by atoms with Crippen molar-refractivity contribution < 1.29 is 9.53 Å². The number of ether oxygens (including phenoxy) is 1. The molecule has 0 bridgehead atoms. The molecule has 1 aromatic heterocycles. The molecule has 0 spiro atoms. The topological polar surface area (TPSA) is 51.2 Å². The summed E-state index contributed by atoms with van der Waals surface area (Å²) >= 11 is 11.5. The van der Waals surface area contributed by atoms with Crippen molar-refractivity contribution in [2.24, 2.45) is 0 Å². The maximum atomic E-state index is 11.8. The number of nitrogens with one attached hydrogen (secondary N) is 1. The van der Waals surface area contributed by atoms with Crippen molar-refractivity contribution in [3.8, 4) is 5.75 Å². The Labute approximate surface area is 126 Å². The number of aromatic nitrogens is 1. The van der Waals surface area contributed by atoms with Gasteiger partial charge in [0.2, 0.25) is 0 Å².